The van der Waals surface area contributed by atoms with Crippen LogP contribution in [0.25, 0.3) is 0 Å². The van der Waals surface area contributed by atoms with E-state index in [1.807, 2.05) is 0 Å². The number of aliphatic hydroxyl groups is 1. The fraction of sp³-hybridized carbons (Fsp3) is 0.545. The van der Waals surface area contributed by atoms with Crippen molar-refractivity contribution in [3.63, 3.8) is 0 Å². The average molecular weight is 351 g/mol. The number of hydrogen-bond donors (Lipinski definition) is 3. The highest BCUT2D eigenvalue weighted by molar-refractivity contribution is 14.0. The van der Waals surface area contributed by atoms with E-state index >= 15 is 0 Å². The van der Waals surface area contributed by atoms with Gasteiger partial charge in [-0.15, -0.1) is 24.0 Å². The molecule has 17 heavy (non-hydrogen) atoms. The van der Waals surface area contributed by atoms with E-state index in [0.717, 1.165) is 25.5 Å². The van der Waals surface area contributed by atoms with Gasteiger partial charge in [-0.1, -0.05) is 0 Å². The normalized spacial score (nSPS) is 18.4. The molecule has 5 nitrogen and oxygen atoms in total. The summed E-state index contributed by atoms with van der Waals surface area (Å²) in [7, 11) is 0. The van der Waals surface area contributed by atoms with E-state index in [-0.39, 0.29) is 24.0 Å². The molecule has 0 bridgehead atoms. The van der Waals surface area contributed by atoms with Crippen LogP contribution in [0.3, 0.4) is 0 Å². The van der Waals surface area contributed by atoms with Gasteiger partial charge in [0, 0.05) is 13.1 Å². The van der Waals surface area contributed by atoms with Gasteiger partial charge in [-0.05, 0) is 25.5 Å². The molecule has 2 heterocycles. The van der Waals surface area contributed by atoms with Crippen LogP contribution in [0, 0.1) is 0 Å². The lowest BCUT2D eigenvalue weighted by Gasteiger charge is -2.24. The monoisotopic (exact) mass is 351 g/mol. The first-order valence-electron chi connectivity index (χ1n) is 5.47. The van der Waals surface area contributed by atoms with Crippen molar-refractivity contribution in [3.8, 4) is 0 Å². The van der Waals surface area contributed by atoms with E-state index in [2.05, 4.69) is 15.6 Å². The highest BCUT2D eigenvalue weighted by Gasteiger charge is 2.26. The number of guanidine groups is 1. The Morgan fingerprint density at radius 3 is 3.06 bits per heavy atom. The second-order valence-electron chi connectivity index (χ2n) is 4.12. The maximum Gasteiger partial charge on any atom is 0.191 e. The van der Waals surface area contributed by atoms with E-state index in [0.29, 0.717) is 12.3 Å². The van der Waals surface area contributed by atoms with Gasteiger partial charge in [0.05, 0.1) is 12.8 Å². The summed E-state index contributed by atoms with van der Waals surface area (Å²) in [6.45, 7) is 3.83. The van der Waals surface area contributed by atoms with Crippen LogP contribution in [0.2, 0.25) is 0 Å². The lowest BCUT2D eigenvalue weighted by molar-refractivity contribution is 0.0385. The molecule has 0 amide bonds. The lowest BCUT2D eigenvalue weighted by Crippen LogP contribution is -2.46. The number of nitrogens with one attached hydrogen (secondary N) is 2. The van der Waals surface area contributed by atoms with Crippen LogP contribution in [-0.4, -0.2) is 30.7 Å². The van der Waals surface area contributed by atoms with Gasteiger partial charge >= 0.3 is 0 Å². The van der Waals surface area contributed by atoms with E-state index in [1.54, 1.807) is 25.3 Å². The smallest absolute Gasteiger partial charge is 0.191 e. The molecule has 3 N–H and O–H groups in total. The van der Waals surface area contributed by atoms with Crippen molar-refractivity contribution in [3.05, 3.63) is 24.2 Å². The number of nitrogens with zero attached hydrogens (tertiary/aromatic N) is 1. The number of halogens is 1. The summed E-state index contributed by atoms with van der Waals surface area (Å²) in [4.78, 5) is 4.27. The largest absolute Gasteiger partial charge is 0.466 e. The lowest BCUT2D eigenvalue weighted by atomic mass is 10.0. The Morgan fingerprint density at radius 1 is 1.65 bits per heavy atom. The van der Waals surface area contributed by atoms with Crippen molar-refractivity contribution in [2.24, 2.45) is 4.99 Å². The Balaban J connectivity index is 0.00000144. The van der Waals surface area contributed by atoms with Crippen molar-refractivity contribution in [2.45, 2.75) is 18.9 Å². The molecule has 0 saturated carbocycles. The SMILES string of the molecule is CC(O)(CNC1=NCCCN1)c1ccco1.I. The predicted octanol–water partition coefficient (Wildman–Crippen LogP) is 1.04. The van der Waals surface area contributed by atoms with Crippen LogP contribution in [0.15, 0.2) is 27.8 Å². The van der Waals surface area contributed by atoms with Gasteiger partial charge in [0.2, 0.25) is 0 Å². The van der Waals surface area contributed by atoms with E-state index in [1.165, 1.54) is 0 Å². The molecule has 1 unspecified atom stereocenters. The molecular weight excluding hydrogens is 333 g/mol. The van der Waals surface area contributed by atoms with Crippen LogP contribution >= 0.6 is 24.0 Å². The molecule has 0 aromatic carbocycles. The molecule has 0 aliphatic carbocycles. The van der Waals surface area contributed by atoms with Crippen molar-refractivity contribution < 1.29 is 9.52 Å². The molecule has 6 heteroatoms. The predicted molar refractivity (Wildman–Crippen MR) is 76.6 cm³/mol. The third kappa shape index (κ3) is 3.88. The quantitative estimate of drug-likeness (QED) is 0.712. The number of furan rings is 1. The number of hydrogen-bond acceptors (Lipinski definition) is 5. The van der Waals surface area contributed by atoms with Gasteiger partial charge in [0.15, 0.2) is 5.96 Å². The Kier molecular flexibility index (Phi) is 5.26. The molecule has 0 fully saturated rings. The zero-order valence-electron chi connectivity index (χ0n) is 9.77. The zero-order valence-corrected chi connectivity index (χ0v) is 12.1. The summed E-state index contributed by atoms with van der Waals surface area (Å²) < 4.78 is 5.19. The Morgan fingerprint density at radius 2 is 2.47 bits per heavy atom. The number of aliphatic imine (C=N–C) groups is 1. The minimum Gasteiger partial charge on any atom is -0.466 e. The van der Waals surface area contributed by atoms with E-state index in [9.17, 15) is 5.11 Å². The molecule has 2 rings (SSSR count). The topological polar surface area (TPSA) is 69.8 Å². The maximum absolute atomic E-state index is 10.2. The van der Waals surface area contributed by atoms with Gasteiger partial charge in [-0.25, -0.2) is 0 Å². The van der Waals surface area contributed by atoms with Gasteiger partial charge in [0.1, 0.15) is 11.4 Å². The molecule has 96 valence electrons. The Bertz CT molecular complexity index is 363. The molecular formula is C11H18IN3O2. The highest BCUT2D eigenvalue weighted by atomic mass is 127. The van der Waals surface area contributed by atoms with Crippen LogP contribution in [-0.2, 0) is 5.60 Å². The molecule has 1 aliphatic heterocycles. The molecule has 1 aromatic rings. The first-order chi connectivity index (χ1) is 7.68. The Hall–Kier alpha value is -0.760. The van der Waals surface area contributed by atoms with Crippen molar-refractivity contribution in [1.82, 2.24) is 10.6 Å². The van der Waals surface area contributed by atoms with E-state index in [4.69, 9.17) is 4.42 Å². The van der Waals surface area contributed by atoms with Crippen molar-refractivity contribution in [1.29, 1.82) is 0 Å². The molecule has 0 saturated heterocycles. The zero-order chi connectivity index (χ0) is 11.4. The van der Waals surface area contributed by atoms with Crippen LogP contribution in [0.1, 0.15) is 19.1 Å². The standard InChI is InChI=1S/C11H17N3O2.HI/c1-11(15,9-4-2-7-16-9)8-14-10-12-5-3-6-13-10;/h2,4,7,15H,3,5-6,8H2,1H3,(H2,12,13,14);1H. The van der Waals surface area contributed by atoms with Crippen molar-refractivity contribution >= 4 is 29.9 Å². The molecule has 0 radical (unpaired) electrons. The van der Waals surface area contributed by atoms with Crippen LogP contribution in [0.4, 0.5) is 0 Å². The maximum atomic E-state index is 10.2. The molecule has 0 spiro atoms. The molecule has 1 aliphatic rings. The summed E-state index contributed by atoms with van der Waals surface area (Å²) >= 11 is 0. The summed E-state index contributed by atoms with van der Waals surface area (Å²) in [6.07, 6.45) is 2.61. The van der Waals surface area contributed by atoms with Gasteiger partial charge in [-0.3, -0.25) is 4.99 Å². The van der Waals surface area contributed by atoms with Gasteiger partial charge in [-0.2, -0.15) is 0 Å². The van der Waals surface area contributed by atoms with Gasteiger partial charge < -0.3 is 20.2 Å². The van der Waals surface area contributed by atoms with Gasteiger partial charge in [0.25, 0.3) is 0 Å². The average Bonchev–Trinajstić information content (AvgIpc) is 2.82. The minimum absolute atomic E-state index is 0. The second kappa shape index (κ2) is 6.25. The minimum atomic E-state index is -1.02. The van der Waals surface area contributed by atoms with Crippen molar-refractivity contribution in [2.75, 3.05) is 19.6 Å². The molecule has 1 atom stereocenters. The Labute approximate surface area is 118 Å². The first-order valence-corrected chi connectivity index (χ1v) is 5.47. The summed E-state index contributed by atoms with van der Waals surface area (Å²) in [5.74, 6) is 1.30. The summed E-state index contributed by atoms with van der Waals surface area (Å²) in [5, 5.41) is 16.4. The first kappa shape index (κ1) is 14.3. The van der Waals surface area contributed by atoms with Crippen LogP contribution < -0.4 is 10.6 Å². The highest BCUT2D eigenvalue weighted by Crippen LogP contribution is 2.19. The second-order valence-corrected chi connectivity index (χ2v) is 4.12. The molecule has 1 aromatic heterocycles. The fourth-order valence-corrected chi connectivity index (χ4v) is 1.58. The van der Waals surface area contributed by atoms with Crippen LogP contribution in [0.5, 0.6) is 0 Å². The third-order valence-electron chi connectivity index (χ3n) is 2.55. The summed E-state index contributed by atoms with van der Waals surface area (Å²) in [5.41, 5.74) is -1.02. The third-order valence-corrected chi connectivity index (χ3v) is 2.55. The summed E-state index contributed by atoms with van der Waals surface area (Å²) in [6, 6.07) is 3.53. The number of rotatable bonds is 3. The van der Waals surface area contributed by atoms with E-state index < -0.39 is 5.60 Å². The fourth-order valence-electron chi connectivity index (χ4n) is 1.58.